The Balaban J connectivity index is 0.000000500. The fraction of sp³-hybridized carbons (Fsp3) is 0.417. The minimum atomic E-state index is 0.925. The molecule has 0 aromatic heterocycles. The molecule has 0 atom stereocenters. The Bertz CT molecular complexity index is 229. The number of benzene rings is 1. The third kappa shape index (κ3) is 7.50. The van der Waals surface area contributed by atoms with Crippen LogP contribution >= 0.6 is 0 Å². The minimum Gasteiger partial charge on any atom is -0.323 e. The quantitative estimate of drug-likeness (QED) is 0.730. The molecule has 0 aliphatic heterocycles. The third-order valence-corrected chi connectivity index (χ3v) is 1.39. The van der Waals surface area contributed by atoms with Crippen LogP contribution in [0.1, 0.15) is 18.9 Å². The van der Waals surface area contributed by atoms with Crippen molar-refractivity contribution in [2.75, 3.05) is 20.6 Å². The normalized spacial score (nSPS) is 9.64. The van der Waals surface area contributed by atoms with E-state index in [1.54, 1.807) is 0 Å². The lowest BCUT2D eigenvalue weighted by molar-refractivity contribution is 0.937. The van der Waals surface area contributed by atoms with E-state index in [4.69, 9.17) is 0 Å². The molecule has 0 saturated heterocycles. The highest BCUT2D eigenvalue weighted by molar-refractivity contribution is 5.79. The summed E-state index contributed by atoms with van der Waals surface area (Å²) < 4.78 is 0. The Hall–Kier alpha value is -1.15. The van der Waals surface area contributed by atoms with Crippen molar-refractivity contribution in [2.45, 2.75) is 13.3 Å². The van der Waals surface area contributed by atoms with E-state index < -0.39 is 0 Å². The summed E-state index contributed by atoms with van der Waals surface area (Å²) in [5.74, 6) is 0. The van der Waals surface area contributed by atoms with Crippen LogP contribution < -0.4 is 5.32 Å². The van der Waals surface area contributed by atoms with Gasteiger partial charge in [0, 0.05) is 12.8 Å². The Morgan fingerprint density at radius 3 is 2.29 bits per heavy atom. The lowest BCUT2D eigenvalue weighted by atomic mass is 10.2. The SMILES string of the molecule is CCCN=Cc1ccccc1.CNC. The van der Waals surface area contributed by atoms with Gasteiger partial charge in [0.1, 0.15) is 0 Å². The summed E-state index contributed by atoms with van der Waals surface area (Å²) in [6.45, 7) is 3.05. The molecule has 0 unspecified atom stereocenters. The molecule has 0 saturated carbocycles. The van der Waals surface area contributed by atoms with Gasteiger partial charge in [0.05, 0.1) is 0 Å². The molecule has 78 valence electrons. The maximum Gasteiger partial charge on any atom is 0.0386 e. The van der Waals surface area contributed by atoms with E-state index >= 15 is 0 Å². The first-order valence-corrected chi connectivity index (χ1v) is 4.98. The predicted octanol–water partition coefficient (Wildman–Crippen LogP) is 2.35. The first-order valence-electron chi connectivity index (χ1n) is 4.98. The van der Waals surface area contributed by atoms with Gasteiger partial charge in [-0.05, 0) is 26.1 Å². The Kier molecular flexibility index (Phi) is 9.12. The number of nitrogens with zero attached hydrogens (tertiary/aromatic N) is 1. The van der Waals surface area contributed by atoms with E-state index in [-0.39, 0.29) is 0 Å². The highest BCUT2D eigenvalue weighted by atomic mass is 14.7. The molecule has 2 nitrogen and oxygen atoms in total. The maximum absolute atomic E-state index is 4.24. The van der Waals surface area contributed by atoms with Gasteiger partial charge in [-0.1, -0.05) is 37.3 Å². The van der Waals surface area contributed by atoms with E-state index in [2.05, 4.69) is 29.4 Å². The number of rotatable bonds is 3. The van der Waals surface area contributed by atoms with E-state index in [1.807, 2.05) is 38.5 Å². The monoisotopic (exact) mass is 192 g/mol. The summed E-state index contributed by atoms with van der Waals surface area (Å²) in [5.41, 5.74) is 1.18. The van der Waals surface area contributed by atoms with Gasteiger partial charge in [0.15, 0.2) is 0 Å². The van der Waals surface area contributed by atoms with Crippen LogP contribution in [0.25, 0.3) is 0 Å². The predicted molar refractivity (Wildman–Crippen MR) is 64.2 cm³/mol. The van der Waals surface area contributed by atoms with Gasteiger partial charge < -0.3 is 5.32 Å². The second kappa shape index (κ2) is 9.93. The molecule has 0 spiro atoms. The van der Waals surface area contributed by atoms with Crippen molar-refractivity contribution in [3.63, 3.8) is 0 Å². The molecule has 0 heterocycles. The molecule has 0 amide bonds. The highest BCUT2D eigenvalue weighted by Gasteiger charge is 1.81. The average Bonchev–Trinajstić information content (AvgIpc) is 2.21. The maximum atomic E-state index is 4.24. The van der Waals surface area contributed by atoms with Crippen LogP contribution in [-0.2, 0) is 0 Å². The fourth-order valence-corrected chi connectivity index (χ4v) is 0.838. The number of hydrogen-bond donors (Lipinski definition) is 1. The van der Waals surface area contributed by atoms with Crippen molar-refractivity contribution < 1.29 is 0 Å². The van der Waals surface area contributed by atoms with Crippen LogP contribution in [0.5, 0.6) is 0 Å². The molecule has 0 radical (unpaired) electrons. The zero-order valence-electron chi connectivity index (χ0n) is 9.33. The van der Waals surface area contributed by atoms with Crippen LogP contribution in [0, 0.1) is 0 Å². The Labute approximate surface area is 87.1 Å². The van der Waals surface area contributed by atoms with Crippen LogP contribution in [0.3, 0.4) is 0 Å². The molecule has 0 aliphatic carbocycles. The van der Waals surface area contributed by atoms with Gasteiger partial charge in [0.25, 0.3) is 0 Å². The molecule has 0 bridgehead atoms. The third-order valence-electron chi connectivity index (χ3n) is 1.39. The van der Waals surface area contributed by atoms with Crippen LogP contribution in [-0.4, -0.2) is 26.9 Å². The molecule has 1 aromatic rings. The van der Waals surface area contributed by atoms with Crippen LogP contribution in [0.4, 0.5) is 0 Å². The lowest BCUT2D eigenvalue weighted by Crippen LogP contribution is -1.89. The van der Waals surface area contributed by atoms with Crippen molar-refractivity contribution in [1.29, 1.82) is 0 Å². The minimum absolute atomic E-state index is 0.925. The Morgan fingerprint density at radius 2 is 1.79 bits per heavy atom. The van der Waals surface area contributed by atoms with Gasteiger partial charge in [-0.25, -0.2) is 0 Å². The van der Waals surface area contributed by atoms with Gasteiger partial charge in [0.2, 0.25) is 0 Å². The van der Waals surface area contributed by atoms with E-state index in [0.29, 0.717) is 0 Å². The zero-order chi connectivity index (χ0) is 10.6. The van der Waals surface area contributed by atoms with Crippen molar-refractivity contribution >= 4 is 6.21 Å². The van der Waals surface area contributed by atoms with Gasteiger partial charge in [-0.15, -0.1) is 0 Å². The standard InChI is InChI=1S/C10H13N.C2H7N/c1-2-8-11-9-10-6-4-3-5-7-10;1-3-2/h3-7,9H,2,8H2,1H3;3H,1-2H3. The molecule has 0 fully saturated rings. The molecule has 0 aliphatic rings. The molecule has 2 heteroatoms. The van der Waals surface area contributed by atoms with Gasteiger partial charge in [-0.3, -0.25) is 4.99 Å². The second-order valence-corrected chi connectivity index (χ2v) is 2.95. The van der Waals surface area contributed by atoms with Crippen LogP contribution in [0.2, 0.25) is 0 Å². The molecule has 14 heavy (non-hydrogen) atoms. The van der Waals surface area contributed by atoms with Crippen molar-refractivity contribution in [1.82, 2.24) is 5.32 Å². The molecular weight excluding hydrogens is 172 g/mol. The summed E-state index contributed by atoms with van der Waals surface area (Å²) in [6, 6.07) is 10.2. The Morgan fingerprint density at radius 1 is 1.21 bits per heavy atom. The summed E-state index contributed by atoms with van der Waals surface area (Å²) >= 11 is 0. The first kappa shape index (κ1) is 12.8. The van der Waals surface area contributed by atoms with Crippen LogP contribution in [0.15, 0.2) is 35.3 Å². The summed E-state index contributed by atoms with van der Waals surface area (Å²) in [5, 5.41) is 2.75. The molecule has 1 N–H and O–H groups in total. The smallest absolute Gasteiger partial charge is 0.0386 e. The van der Waals surface area contributed by atoms with Crippen molar-refractivity contribution in [2.24, 2.45) is 4.99 Å². The van der Waals surface area contributed by atoms with Gasteiger partial charge in [-0.2, -0.15) is 0 Å². The van der Waals surface area contributed by atoms with E-state index in [9.17, 15) is 0 Å². The average molecular weight is 192 g/mol. The van der Waals surface area contributed by atoms with Gasteiger partial charge >= 0.3 is 0 Å². The zero-order valence-corrected chi connectivity index (χ0v) is 9.33. The number of aliphatic imine (C=N–C) groups is 1. The fourth-order valence-electron chi connectivity index (χ4n) is 0.838. The molecule has 1 rings (SSSR count). The van der Waals surface area contributed by atoms with E-state index in [0.717, 1.165) is 13.0 Å². The summed E-state index contributed by atoms with van der Waals surface area (Å²) in [4.78, 5) is 4.24. The largest absolute Gasteiger partial charge is 0.323 e. The summed E-state index contributed by atoms with van der Waals surface area (Å²) in [6.07, 6.45) is 3.03. The first-order chi connectivity index (χ1) is 6.85. The molecular formula is C12H20N2. The van der Waals surface area contributed by atoms with Crippen molar-refractivity contribution in [3.05, 3.63) is 35.9 Å². The number of nitrogens with one attached hydrogen (secondary N) is 1. The molecule has 1 aromatic carbocycles. The van der Waals surface area contributed by atoms with E-state index in [1.165, 1.54) is 5.56 Å². The second-order valence-electron chi connectivity index (χ2n) is 2.95. The highest BCUT2D eigenvalue weighted by Crippen LogP contribution is 1.93. The topological polar surface area (TPSA) is 24.4 Å². The number of hydrogen-bond acceptors (Lipinski definition) is 2. The lowest BCUT2D eigenvalue weighted by Gasteiger charge is -1.89. The van der Waals surface area contributed by atoms with Crippen molar-refractivity contribution in [3.8, 4) is 0 Å². The summed E-state index contributed by atoms with van der Waals surface area (Å²) in [7, 11) is 3.75.